The molecule has 0 N–H and O–H groups in total. The van der Waals surface area contributed by atoms with Crippen LogP contribution in [0, 0.1) is 41.5 Å². The number of hydrogen-bond donors (Lipinski definition) is 0. The van der Waals surface area contributed by atoms with E-state index in [2.05, 4.69) is 186 Å². The number of nitrogens with zero attached hydrogens (tertiary/aromatic N) is 3. The van der Waals surface area contributed by atoms with Crippen LogP contribution in [0.15, 0.2) is 158 Å². The van der Waals surface area contributed by atoms with Gasteiger partial charge in [0.25, 0.3) is 0 Å². The maximum atomic E-state index is 5.24. The number of aryl methyl sites for hydroxylation is 6. The quantitative estimate of drug-likeness (QED) is 0.148. The van der Waals surface area contributed by atoms with E-state index in [1.54, 1.807) is 0 Å². The van der Waals surface area contributed by atoms with E-state index in [-0.39, 0.29) is 5.92 Å². The van der Waals surface area contributed by atoms with Gasteiger partial charge in [0.2, 0.25) is 5.95 Å². The molecular formula is C51H45N3. The van der Waals surface area contributed by atoms with E-state index in [1.165, 1.54) is 60.8 Å². The lowest BCUT2D eigenvalue weighted by atomic mass is 9.77. The number of hydrogen-bond acceptors (Lipinski definition) is 3. The highest BCUT2D eigenvalue weighted by Crippen LogP contribution is 2.45. The van der Waals surface area contributed by atoms with Crippen LogP contribution in [0.2, 0.25) is 0 Å². The lowest BCUT2D eigenvalue weighted by Crippen LogP contribution is -2.15. The van der Waals surface area contributed by atoms with Gasteiger partial charge in [0.1, 0.15) is 0 Å². The van der Waals surface area contributed by atoms with E-state index in [0.29, 0.717) is 5.95 Å². The highest BCUT2D eigenvalue weighted by molar-refractivity contribution is 6.05. The van der Waals surface area contributed by atoms with Gasteiger partial charge in [-0.2, -0.15) is 0 Å². The zero-order chi connectivity index (χ0) is 37.3. The third kappa shape index (κ3) is 6.58. The van der Waals surface area contributed by atoms with Crippen LogP contribution in [-0.4, -0.2) is 9.97 Å². The van der Waals surface area contributed by atoms with Gasteiger partial charge >= 0.3 is 0 Å². The average Bonchev–Trinajstić information content (AvgIpc) is 3.18. The summed E-state index contributed by atoms with van der Waals surface area (Å²) >= 11 is 0. The molecule has 3 nitrogen and oxygen atoms in total. The number of fused-ring (bicyclic) bond motifs is 1. The van der Waals surface area contributed by atoms with Crippen LogP contribution < -0.4 is 4.90 Å². The molecule has 1 aromatic heterocycles. The van der Waals surface area contributed by atoms with E-state index in [1.807, 2.05) is 18.3 Å². The highest BCUT2D eigenvalue weighted by Gasteiger charge is 2.26. The molecule has 3 heteroatoms. The van der Waals surface area contributed by atoms with Gasteiger partial charge in [-0.25, -0.2) is 9.97 Å². The largest absolute Gasteiger partial charge is 0.279 e. The molecule has 1 heterocycles. The lowest BCUT2D eigenvalue weighted by molar-refractivity contribution is 0.919. The van der Waals surface area contributed by atoms with Crippen molar-refractivity contribution in [2.75, 3.05) is 4.90 Å². The molecule has 0 aliphatic carbocycles. The van der Waals surface area contributed by atoms with Crippen LogP contribution in [0.3, 0.4) is 0 Å². The van der Waals surface area contributed by atoms with Crippen molar-refractivity contribution < 1.29 is 0 Å². The van der Waals surface area contributed by atoms with Crippen LogP contribution in [-0.2, 0) is 0 Å². The standard InChI is InChI=1S/C51H45N3/c1-33-29-35(3)47(36(4)30-33)50(48-37(5)31-34(2)32-38(48)6)42-21-24-43(25-22-42)54(51-52-28-27-45(53-51)40-16-9-7-10-17-40)46-26-23-39-15-13-14-20-44(39)49(46)41-18-11-8-12-19-41/h7-32,50H,1-6H3. The van der Waals surface area contributed by atoms with Crippen molar-refractivity contribution in [3.05, 3.63) is 208 Å². The molecule has 264 valence electrons. The fraction of sp³-hybridized carbons (Fsp3) is 0.137. The first-order valence-corrected chi connectivity index (χ1v) is 18.8. The topological polar surface area (TPSA) is 29.0 Å². The van der Waals surface area contributed by atoms with Crippen molar-refractivity contribution >= 4 is 28.1 Å². The van der Waals surface area contributed by atoms with E-state index < -0.39 is 0 Å². The van der Waals surface area contributed by atoms with E-state index in [4.69, 9.17) is 9.97 Å². The summed E-state index contributed by atoms with van der Waals surface area (Å²) in [6.07, 6.45) is 1.87. The summed E-state index contributed by atoms with van der Waals surface area (Å²) in [5.41, 5.74) is 18.1. The van der Waals surface area contributed by atoms with Crippen molar-refractivity contribution in [3.8, 4) is 22.4 Å². The molecule has 0 unspecified atom stereocenters. The Balaban J connectivity index is 1.36. The van der Waals surface area contributed by atoms with Gasteiger partial charge in [0.05, 0.1) is 11.4 Å². The zero-order valence-corrected chi connectivity index (χ0v) is 31.9. The summed E-state index contributed by atoms with van der Waals surface area (Å²) in [5, 5.41) is 2.36. The maximum Gasteiger partial charge on any atom is 0.235 e. The summed E-state index contributed by atoms with van der Waals surface area (Å²) < 4.78 is 0. The number of aromatic nitrogens is 2. The van der Waals surface area contributed by atoms with Crippen LogP contribution in [0.1, 0.15) is 56.0 Å². The minimum atomic E-state index is 0.0758. The first kappa shape index (κ1) is 34.7. The van der Waals surface area contributed by atoms with Crippen molar-refractivity contribution in [2.45, 2.75) is 47.5 Å². The minimum absolute atomic E-state index is 0.0758. The molecule has 8 aromatic rings. The van der Waals surface area contributed by atoms with Gasteiger partial charge < -0.3 is 0 Å². The highest BCUT2D eigenvalue weighted by atomic mass is 15.3. The second-order valence-electron chi connectivity index (χ2n) is 14.6. The Morgan fingerprint density at radius 2 is 1.04 bits per heavy atom. The van der Waals surface area contributed by atoms with E-state index in [9.17, 15) is 0 Å². The molecular weight excluding hydrogens is 655 g/mol. The SMILES string of the molecule is Cc1cc(C)c(C(c2ccc(N(c3nccc(-c4ccccc4)n3)c3ccc4ccccc4c3-c3ccccc3)cc2)c2c(C)cc(C)cc2C)c(C)c1. The molecule has 8 rings (SSSR count). The van der Waals surface area contributed by atoms with Gasteiger partial charge in [-0.3, -0.25) is 4.90 Å². The first-order chi connectivity index (χ1) is 26.3. The maximum absolute atomic E-state index is 5.24. The normalized spacial score (nSPS) is 11.3. The molecule has 0 saturated carbocycles. The van der Waals surface area contributed by atoms with Crippen molar-refractivity contribution in [1.29, 1.82) is 0 Å². The molecule has 0 radical (unpaired) electrons. The predicted octanol–water partition coefficient (Wildman–Crippen LogP) is 13.5. The Morgan fingerprint density at radius 1 is 0.500 bits per heavy atom. The lowest BCUT2D eigenvalue weighted by Gasteiger charge is -2.29. The minimum Gasteiger partial charge on any atom is -0.279 e. The zero-order valence-electron chi connectivity index (χ0n) is 31.9. The summed E-state index contributed by atoms with van der Waals surface area (Å²) in [7, 11) is 0. The molecule has 0 amide bonds. The predicted molar refractivity (Wildman–Crippen MR) is 227 cm³/mol. The van der Waals surface area contributed by atoms with Crippen molar-refractivity contribution in [1.82, 2.24) is 9.97 Å². The van der Waals surface area contributed by atoms with Crippen LogP contribution in [0.5, 0.6) is 0 Å². The summed E-state index contributed by atoms with van der Waals surface area (Å²) in [4.78, 5) is 12.4. The fourth-order valence-electron chi connectivity index (χ4n) is 8.53. The Bertz CT molecular complexity index is 2500. The average molecular weight is 700 g/mol. The Kier molecular flexibility index (Phi) is 9.40. The molecule has 0 bridgehead atoms. The van der Waals surface area contributed by atoms with Crippen molar-refractivity contribution in [3.63, 3.8) is 0 Å². The van der Waals surface area contributed by atoms with Gasteiger partial charge in [-0.15, -0.1) is 0 Å². The Morgan fingerprint density at radius 3 is 1.63 bits per heavy atom. The first-order valence-electron chi connectivity index (χ1n) is 18.8. The monoisotopic (exact) mass is 699 g/mol. The second-order valence-corrected chi connectivity index (χ2v) is 14.6. The molecule has 54 heavy (non-hydrogen) atoms. The smallest absolute Gasteiger partial charge is 0.235 e. The van der Waals surface area contributed by atoms with Crippen molar-refractivity contribution in [2.24, 2.45) is 0 Å². The number of rotatable bonds is 8. The van der Waals surface area contributed by atoms with Gasteiger partial charge in [-0.05, 0) is 121 Å². The second kappa shape index (κ2) is 14.6. The molecule has 0 atom stereocenters. The molecule has 0 aliphatic rings. The third-order valence-corrected chi connectivity index (χ3v) is 10.7. The Labute approximate surface area is 319 Å². The third-order valence-electron chi connectivity index (χ3n) is 10.7. The molecule has 0 aliphatic heterocycles. The van der Waals surface area contributed by atoms with Crippen LogP contribution in [0.4, 0.5) is 17.3 Å². The Hall–Kier alpha value is -6.32. The molecule has 0 fully saturated rings. The summed E-state index contributed by atoms with van der Waals surface area (Å²) in [6.45, 7) is 13.4. The summed E-state index contributed by atoms with van der Waals surface area (Å²) in [5.74, 6) is 0.690. The molecule has 0 spiro atoms. The van der Waals surface area contributed by atoms with Crippen LogP contribution >= 0.6 is 0 Å². The molecule has 7 aromatic carbocycles. The number of benzene rings is 7. The van der Waals surface area contributed by atoms with E-state index in [0.717, 1.165) is 33.8 Å². The fourth-order valence-corrected chi connectivity index (χ4v) is 8.53. The summed E-state index contributed by atoms with van der Waals surface area (Å²) in [6, 6.07) is 54.5. The number of anilines is 3. The molecule has 0 saturated heterocycles. The van der Waals surface area contributed by atoms with Gasteiger partial charge in [-0.1, -0.05) is 139 Å². The van der Waals surface area contributed by atoms with Gasteiger partial charge in [0.15, 0.2) is 0 Å². The van der Waals surface area contributed by atoms with Crippen LogP contribution in [0.25, 0.3) is 33.2 Å². The van der Waals surface area contributed by atoms with Gasteiger partial charge in [0, 0.05) is 28.9 Å². The van der Waals surface area contributed by atoms with E-state index >= 15 is 0 Å².